The van der Waals surface area contributed by atoms with Gasteiger partial charge in [-0.2, -0.15) is 0 Å². The zero-order valence-corrected chi connectivity index (χ0v) is 12.9. The number of hydrogen-bond donors (Lipinski definition) is 0. The lowest BCUT2D eigenvalue weighted by Gasteiger charge is -2.45. The lowest BCUT2D eigenvalue weighted by atomic mass is 9.76. The van der Waals surface area contributed by atoms with Crippen LogP contribution >= 0.6 is 0 Å². The van der Waals surface area contributed by atoms with Crippen LogP contribution in [0, 0.1) is 17.2 Å². The molecule has 0 unspecified atom stereocenters. The van der Waals surface area contributed by atoms with Crippen LogP contribution < -0.4 is 5.43 Å². The van der Waals surface area contributed by atoms with E-state index in [1.807, 2.05) is 0 Å². The van der Waals surface area contributed by atoms with Gasteiger partial charge in [-0.05, 0) is 23.5 Å². The van der Waals surface area contributed by atoms with Gasteiger partial charge in [-0.15, -0.1) is 0 Å². The fourth-order valence-electron chi connectivity index (χ4n) is 2.58. The van der Waals surface area contributed by atoms with Gasteiger partial charge in [-0.3, -0.25) is 9.59 Å². The average Bonchev–Trinajstić information content (AvgIpc) is 2.34. The monoisotopic (exact) mass is 303 g/mol. The minimum Gasteiger partial charge on any atom is -0.451 e. The Bertz CT molecular complexity index is 798. The third kappa shape index (κ3) is 2.51. The van der Waals surface area contributed by atoms with Crippen molar-refractivity contribution in [1.82, 2.24) is 4.90 Å². The second-order valence-electron chi connectivity index (χ2n) is 6.89. The molecular weight excluding hydrogens is 285 g/mol. The molecule has 1 aromatic carbocycles. The van der Waals surface area contributed by atoms with Gasteiger partial charge >= 0.3 is 0 Å². The Labute approximate surface area is 127 Å². The van der Waals surface area contributed by atoms with Gasteiger partial charge < -0.3 is 9.32 Å². The van der Waals surface area contributed by atoms with E-state index in [-0.39, 0.29) is 33.5 Å². The van der Waals surface area contributed by atoms with E-state index in [2.05, 4.69) is 20.8 Å². The average molecular weight is 303 g/mol. The largest absolute Gasteiger partial charge is 0.451 e. The first-order chi connectivity index (χ1) is 10.3. The second kappa shape index (κ2) is 4.93. The molecule has 0 bridgehead atoms. The number of amides is 1. The van der Waals surface area contributed by atoms with E-state index in [1.54, 1.807) is 4.90 Å². The van der Waals surface area contributed by atoms with Gasteiger partial charge in [0.1, 0.15) is 11.4 Å². The van der Waals surface area contributed by atoms with Crippen LogP contribution in [0.15, 0.2) is 33.5 Å². The molecule has 0 saturated carbocycles. The smallest absolute Gasteiger partial charge is 0.289 e. The molecule has 4 nitrogen and oxygen atoms in total. The SMILES string of the molecule is CC(C)(C)C1CN(C(=O)c2cc(=O)c3ccc(F)cc3o2)C1. The van der Waals surface area contributed by atoms with Crippen molar-refractivity contribution in [3.05, 3.63) is 46.1 Å². The number of carbonyl (C=O) groups excluding carboxylic acids is 1. The van der Waals surface area contributed by atoms with Crippen LogP contribution in [-0.4, -0.2) is 23.9 Å². The van der Waals surface area contributed by atoms with Gasteiger partial charge in [-0.25, -0.2) is 4.39 Å². The zero-order valence-electron chi connectivity index (χ0n) is 12.9. The fraction of sp³-hybridized carbons (Fsp3) is 0.412. The predicted molar refractivity (Wildman–Crippen MR) is 81.3 cm³/mol. The number of nitrogens with zero attached hydrogens (tertiary/aromatic N) is 1. The molecule has 1 saturated heterocycles. The molecule has 1 aliphatic heterocycles. The highest BCUT2D eigenvalue weighted by atomic mass is 19.1. The van der Waals surface area contributed by atoms with Crippen molar-refractivity contribution >= 4 is 16.9 Å². The van der Waals surface area contributed by atoms with E-state index in [4.69, 9.17) is 4.42 Å². The van der Waals surface area contributed by atoms with Crippen LogP contribution in [0.25, 0.3) is 11.0 Å². The predicted octanol–water partition coefficient (Wildman–Crippen LogP) is 3.05. The van der Waals surface area contributed by atoms with Crippen molar-refractivity contribution in [2.24, 2.45) is 11.3 Å². The number of fused-ring (bicyclic) bond motifs is 1. The Morgan fingerprint density at radius 1 is 1.27 bits per heavy atom. The molecule has 2 heterocycles. The molecule has 0 spiro atoms. The summed E-state index contributed by atoms with van der Waals surface area (Å²) in [6.07, 6.45) is 0. The van der Waals surface area contributed by atoms with Crippen LogP contribution in [0.4, 0.5) is 4.39 Å². The van der Waals surface area contributed by atoms with Gasteiger partial charge in [0.05, 0.1) is 5.39 Å². The summed E-state index contributed by atoms with van der Waals surface area (Å²) in [5.74, 6) is -0.419. The summed E-state index contributed by atoms with van der Waals surface area (Å²) in [6, 6.07) is 4.88. The number of hydrogen-bond acceptors (Lipinski definition) is 3. The molecule has 5 heteroatoms. The standard InChI is InChI=1S/C17H18FNO3/c1-17(2,3)10-8-19(9-10)16(21)15-7-13(20)12-5-4-11(18)6-14(12)22-15/h4-7,10H,8-9H2,1-3H3. The van der Waals surface area contributed by atoms with E-state index < -0.39 is 5.82 Å². The zero-order chi connectivity index (χ0) is 16.1. The summed E-state index contributed by atoms with van der Waals surface area (Å²) in [5.41, 5.74) is -0.0920. The lowest BCUT2D eigenvalue weighted by molar-refractivity contribution is 0.0186. The van der Waals surface area contributed by atoms with Gasteiger partial charge in [-0.1, -0.05) is 20.8 Å². The molecule has 3 rings (SSSR count). The van der Waals surface area contributed by atoms with Crippen molar-refractivity contribution < 1.29 is 13.6 Å². The van der Waals surface area contributed by atoms with Gasteiger partial charge in [0.25, 0.3) is 5.91 Å². The molecule has 22 heavy (non-hydrogen) atoms. The molecule has 1 aromatic heterocycles. The summed E-state index contributed by atoms with van der Waals surface area (Å²) in [4.78, 5) is 26.0. The van der Waals surface area contributed by atoms with Crippen molar-refractivity contribution in [3.63, 3.8) is 0 Å². The minimum absolute atomic E-state index is 0.0320. The van der Waals surface area contributed by atoms with Gasteiger partial charge in [0, 0.05) is 25.2 Å². The highest BCUT2D eigenvalue weighted by Gasteiger charge is 2.39. The third-order valence-corrected chi connectivity index (χ3v) is 4.30. The highest BCUT2D eigenvalue weighted by Crippen LogP contribution is 2.34. The number of rotatable bonds is 1. The molecule has 2 aromatic rings. The maximum atomic E-state index is 13.3. The molecule has 0 N–H and O–H groups in total. The van der Waals surface area contributed by atoms with Gasteiger partial charge in [0.15, 0.2) is 11.2 Å². The van der Waals surface area contributed by atoms with E-state index in [0.717, 1.165) is 6.07 Å². The van der Waals surface area contributed by atoms with Crippen molar-refractivity contribution in [2.75, 3.05) is 13.1 Å². The first-order valence-corrected chi connectivity index (χ1v) is 7.28. The lowest BCUT2D eigenvalue weighted by Crippen LogP contribution is -2.54. The molecular formula is C17H18FNO3. The third-order valence-electron chi connectivity index (χ3n) is 4.30. The summed E-state index contributed by atoms with van der Waals surface area (Å²) in [6.45, 7) is 7.70. The van der Waals surface area contributed by atoms with E-state index >= 15 is 0 Å². The Morgan fingerprint density at radius 3 is 2.59 bits per heavy atom. The van der Waals surface area contributed by atoms with Crippen molar-refractivity contribution in [1.29, 1.82) is 0 Å². The second-order valence-corrected chi connectivity index (χ2v) is 6.89. The van der Waals surface area contributed by atoms with Crippen molar-refractivity contribution in [3.8, 4) is 0 Å². The molecule has 1 amide bonds. The molecule has 0 atom stereocenters. The van der Waals surface area contributed by atoms with Crippen LogP contribution in [0.2, 0.25) is 0 Å². The number of halogens is 1. The van der Waals surface area contributed by atoms with Crippen LogP contribution in [0.3, 0.4) is 0 Å². The van der Waals surface area contributed by atoms with Crippen LogP contribution in [0.1, 0.15) is 31.3 Å². The number of likely N-dealkylation sites (tertiary alicyclic amines) is 1. The Hall–Kier alpha value is -2.17. The summed E-state index contributed by atoms with van der Waals surface area (Å²) < 4.78 is 18.7. The first-order valence-electron chi connectivity index (χ1n) is 7.28. The minimum atomic E-state index is -0.503. The Morgan fingerprint density at radius 2 is 1.95 bits per heavy atom. The first kappa shape index (κ1) is 14.8. The number of benzene rings is 1. The molecule has 116 valence electrons. The summed E-state index contributed by atoms with van der Waals surface area (Å²) in [5, 5.41) is 0.272. The van der Waals surface area contributed by atoms with Crippen LogP contribution in [-0.2, 0) is 0 Å². The number of carbonyl (C=O) groups is 1. The quantitative estimate of drug-likeness (QED) is 0.813. The Balaban J connectivity index is 1.88. The summed E-state index contributed by atoms with van der Waals surface area (Å²) >= 11 is 0. The van der Waals surface area contributed by atoms with Crippen LogP contribution in [0.5, 0.6) is 0 Å². The molecule has 0 radical (unpaired) electrons. The molecule has 1 aliphatic rings. The molecule has 0 aliphatic carbocycles. The summed E-state index contributed by atoms with van der Waals surface area (Å²) in [7, 11) is 0. The maximum Gasteiger partial charge on any atom is 0.289 e. The normalized spacial score (nSPS) is 15.9. The van der Waals surface area contributed by atoms with E-state index in [0.29, 0.717) is 19.0 Å². The molecule has 1 fully saturated rings. The fourth-order valence-corrected chi connectivity index (χ4v) is 2.58. The maximum absolute atomic E-state index is 13.3. The topological polar surface area (TPSA) is 50.5 Å². The van der Waals surface area contributed by atoms with Crippen molar-refractivity contribution in [2.45, 2.75) is 20.8 Å². The highest BCUT2D eigenvalue weighted by molar-refractivity contribution is 5.93. The Kier molecular flexibility index (Phi) is 3.31. The van der Waals surface area contributed by atoms with E-state index in [1.165, 1.54) is 18.2 Å². The van der Waals surface area contributed by atoms with Gasteiger partial charge in [0.2, 0.25) is 0 Å². The van der Waals surface area contributed by atoms with E-state index in [9.17, 15) is 14.0 Å².